The highest BCUT2D eigenvalue weighted by Gasteiger charge is 2.24. The molecule has 0 aliphatic carbocycles. The van der Waals surface area contributed by atoms with Gasteiger partial charge in [-0.05, 0) is 26.3 Å². The zero-order valence-electron chi connectivity index (χ0n) is 10.1. The highest BCUT2D eigenvalue weighted by Crippen LogP contribution is 2.10. The van der Waals surface area contributed by atoms with Gasteiger partial charge in [0.25, 0.3) is 0 Å². The van der Waals surface area contributed by atoms with E-state index in [2.05, 4.69) is 5.32 Å². The minimum absolute atomic E-state index is 0.156. The van der Waals surface area contributed by atoms with Crippen molar-refractivity contribution in [2.75, 3.05) is 39.1 Å². The van der Waals surface area contributed by atoms with E-state index < -0.39 is 10.0 Å². The summed E-state index contributed by atoms with van der Waals surface area (Å²) in [5.74, 6) is 0.156. The lowest BCUT2D eigenvalue weighted by Gasteiger charge is -2.24. The smallest absolute Gasteiger partial charge is 0.213 e. The lowest BCUT2D eigenvalue weighted by atomic mass is 10.2. The van der Waals surface area contributed by atoms with Crippen molar-refractivity contribution in [1.82, 2.24) is 9.62 Å². The molecule has 96 valence electrons. The third-order valence-electron chi connectivity index (χ3n) is 2.89. The summed E-state index contributed by atoms with van der Waals surface area (Å²) in [5, 5.41) is 3.31. The van der Waals surface area contributed by atoms with Gasteiger partial charge in [0.05, 0.1) is 12.4 Å². The Kier molecular flexibility index (Phi) is 5.68. The van der Waals surface area contributed by atoms with Gasteiger partial charge >= 0.3 is 0 Å². The molecule has 1 rings (SSSR count). The molecule has 1 saturated heterocycles. The quantitative estimate of drug-likeness (QED) is 0.693. The van der Waals surface area contributed by atoms with Crippen LogP contribution in [-0.2, 0) is 14.8 Å². The fourth-order valence-electron chi connectivity index (χ4n) is 1.88. The molecule has 1 aliphatic rings. The van der Waals surface area contributed by atoms with Crippen LogP contribution in [0, 0.1) is 0 Å². The van der Waals surface area contributed by atoms with E-state index in [9.17, 15) is 8.42 Å². The van der Waals surface area contributed by atoms with Crippen molar-refractivity contribution in [3.05, 3.63) is 0 Å². The highest BCUT2D eigenvalue weighted by atomic mass is 32.2. The van der Waals surface area contributed by atoms with Gasteiger partial charge in [0.2, 0.25) is 10.0 Å². The number of sulfonamides is 1. The van der Waals surface area contributed by atoms with E-state index in [4.69, 9.17) is 4.74 Å². The van der Waals surface area contributed by atoms with E-state index in [0.29, 0.717) is 25.7 Å². The first-order valence-electron chi connectivity index (χ1n) is 5.80. The van der Waals surface area contributed by atoms with Crippen LogP contribution in [0.5, 0.6) is 0 Å². The Labute approximate surface area is 98.2 Å². The standard InChI is InChI=1S/C10H22N2O3S/c1-3-16(13,14)12(7-8-15-2)9-10-5-4-6-11-10/h10-11H,3-9H2,1-2H3. The monoisotopic (exact) mass is 250 g/mol. The van der Waals surface area contributed by atoms with Crippen molar-refractivity contribution in [2.45, 2.75) is 25.8 Å². The van der Waals surface area contributed by atoms with Crippen LogP contribution in [0.2, 0.25) is 0 Å². The molecule has 0 saturated carbocycles. The predicted molar refractivity (Wildman–Crippen MR) is 63.9 cm³/mol. The molecule has 16 heavy (non-hydrogen) atoms. The van der Waals surface area contributed by atoms with Crippen LogP contribution >= 0.6 is 0 Å². The normalized spacial score (nSPS) is 21.8. The van der Waals surface area contributed by atoms with Gasteiger partial charge in [-0.25, -0.2) is 8.42 Å². The van der Waals surface area contributed by atoms with Gasteiger partial charge in [0, 0.05) is 26.2 Å². The first-order valence-corrected chi connectivity index (χ1v) is 7.41. The third-order valence-corrected chi connectivity index (χ3v) is 4.74. The number of rotatable bonds is 7. The summed E-state index contributed by atoms with van der Waals surface area (Å²) in [6.45, 7) is 4.14. The van der Waals surface area contributed by atoms with Crippen LogP contribution in [0.3, 0.4) is 0 Å². The van der Waals surface area contributed by atoms with E-state index in [1.165, 1.54) is 0 Å². The van der Waals surface area contributed by atoms with Crippen LogP contribution in [0.4, 0.5) is 0 Å². The van der Waals surface area contributed by atoms with Crippen LogP contribution < -0.4 is 5.32 Å². The van der Waals surface area contributed by atoms with Crippen molar-refractivity contribution in [3.8, 4) is 0 Å². The molecule has 0 amide bonds. The number of nitrogens with one attached hydrogen (secondary N) is 1. The minimum atomic E-state index is -3.11. The molecule has 0 aromatic heterocycles. The van der Waals surface area contributed by atoms with Gasteiger partial charge in [-0.2, -0.15) is 4.31 Å². The molecule has 1 N–H and O–H groups in total. The lowest BCUT2D eigenvalue weighted by molar-refractivity contribution is 0.176. The summed E-state index contributed by atoms with van der Waals surface area (Å²) in [7, 11) is -1.52. The number of methoxy groups -OCH3 is 1. The van der Waals surface area contributed by atoms with Crippen molar-refractivity contribution in [2.24, 2.45) is 0 Å². The minimum Gasteiger partial charge on any atom is -0.383 e. The molecule has 1 atom stereocenters. The molecular formula is C10H22N2O3S. The molecule has 0 radical (unpaired) electrons. The molecule has 0 spiro atoms. The maximum Gasteiger partial charge on any atom is 0.213 e. The molecule has 1 unspecified atom stereocenters. The number of nitrogens with zero attached hydrogens (tertiary/aromatic N) is 1. The average molecular weight is 250 g/mol. The molecule has 1 heterocycles. The zero-order valence-corrected chi connectivity index (χ0v) is 10.9. The van der Waals surface area contributed by atoms with Crippen molar-refractivity contribution >= 4 is 10.0 Å². The molecule has 0 aromatic carbocycles. The van der Waals surface area contributed by atoms with Gasteiger partial charge in [0.15, 0.2) is 0 Å². The molecular weight excluding hydrogens is 228 g/mol. The van der Waals surface area contributed by atoms with E-state index in [1.54, 1.807) is 18.3 Å². The SMILES string of the molecule is CCS(=O)(=O)N(CCOC)CC1CCCN1. The van der Waals surface area contributed by atoms with Crippen LogP contribution in [0.15, 0.2) is 0 Å². The fourth-order valence-corrected chi connectivity index (χ4v) is 3.00. The third kappa shape index (κ3) is 4.01. The van der Waals surface area contributed by atoms with E-state index >= 15 is 0 Å². The number of hydrogen-bond donors (Lipinski definition) is 1. The topological polar surface area (TPSA) is 58.6 Å². The van der Waals surface area contributed by atoms with E-state index in [1.807, 2.05) is 0 Å². The van der Waals surface area contributed by atoms with E-state index in [-0.39, 0.29) is 5.75 Å². The predicted octanol–water partition coefficient (Wildman–Crippen LogP) is 0.0365. The summed E-state index contributed by atoms with van der Waals surface area (Å²) in [6.07, 6.45) is 2.19. The molecule has 1 fully saturated rings. The maximum atomic E-state index is 11.8. The van der Waals surface area contributed by atoms with E-state index in [0.717, 1.165) is 19.4 Å². The Bertz CT molecular complexity index is 286. The van der Waals surface area contributed by atoms with Crippen molar-refractivity contribution < 1.29 is 13.2 Å². The Morgan fingerprint density at radius 1 is 1.50 bits per heavy atom. The number of hydrogen-bond acceptors (Lipinski definition) is 4. The largest absolute Gasteiger partial charge is 0.383 e. The van der Waals surface area contributed by atoms with Crippen LogP contribution in [0.25, 0.3) is 0 Å². The first kappa shape index (κ1) is 13.9. The van der Waals surface area contributed by atoms with Crippen LogP contribution in [-0.4, -0.2) is 57.9 Å². The molecule has 0 aromatic rings. The Balaban J connectivity index is 2.55. The van der Waals surface area contributed by atoms with Gasteiger partial charge in [-0.3, -0.25) is 0 Å². The summed E-state index contributed by atoms with van der Waals surface area (Å²) in [5.41, 5.74) is 0. The van der Waals surface area contributed by atoms with Crippen molar-refractivity contribution in [1.29, 1.82) is 0 Å². The zero-order chi connectivity index (χ0) is 12.0. The molecule has 1 aliphatic heterocycles. The van der Waals surface area contributed by atoms with Crippen molar-refractivity contribution in [3.63, 3.8) is 0 Å². The maximum absolute atomic E-state index is 11.8. The van der Waals surface area contributed by atoms with Gasteiger partial charge in [-0.1, -0.05) is 0 Å². The molecule has 5 nitrogen and oxygen atoms in total. The summed E-state index contributed by atoms with van der Waals surface area (Å²) >= 11 is 0. The summed E-state index contributed by atoms with van der Waals surface area (Å²) in [4.78, 5) is 0. The second-order valence-electron chi connectivity index (χ2n) is 4.04. The highest BCUT2D eigenvalue weighted by molar-refractivity contribution is 7.89. The second kappa shape index (κ2) is 6.54. The van der Waals surface area contributed by atoms with Gasteiger partial charge in [0.1, 0.15) is 0 Å². The number of ether oxygens (including phenoxy) is 1. The Hall–Kier alpha value is -0.170. The molecule has 6 heteroatoms. The Morgan fingerprint density at radius 2 is 2.25 bits per heavy atom. The van der Waals surface area contributed by atoms with Gasteiger partial charge < -0.3 is 10.1 Å². The molecule has 0 bridgehead atoms. The fraction of sp³-hybridized carbons (Fsp3) is 1.00. The summed E-state index contributed by atoms with van der Waals surface area (Å²) < 4.78 is 30.2. The first-order chi connectivity index (χ1) is 7.60. The summed E-state index contributed by atoms with van der Waals surface area (Å²) in [6, 6.07) is 0.304. The Morgan fingerprint density at radius 3 is 2.75 bits per heavy atom. The second-order valence-corrected chi connectivity index (χ2v) is 6.30. The van der Waals surface area contributed by atoms with Gasteiger partial charge in [-0.15, -0.1) is 0 Å². The lowest BCUT2D eigenvalue weighted by Crippen LogP contribution is -2.43. The van der Waals surface area contributed by atoms with Crippen LogP contribution in [0.1, 0.15) is 19.8 Å². The average Bonchev–Trinajstić information content (AvgIpc) is 2.76.